The number of amides is 1. The fourth-order valence-corrected chi connectivity index (χ4v) is 4.00. The lowest BCUT2D eigenvalue weighted by Crippen LogP contribution is -2.28. The minimum atomic E-state index is -1.11. The number of carboxylic acids is 1. The van der Waals surface area contributed by atoms with Gasteiger partial charge < -0.3 is 14.6 Å². The van der Waals surface area contributed by atoms with Crippen molar-refractivity contribution in [2.45, 2.75) is 19.6 Å². The SMILES string of the molecule is O=C(O)Cn1c2c(c(=O)n3nc(-c4ccccc4)cc13)CN(Cc1ccccc1)C2=O. The molecule has 5 rings (SSSR count). The molecule has 8 nitrogen and oxygen atoms in total. The molecule has 0 saturated heterocycles. The average molecular weight is 414 g/mol. The summed E-state index contributed by atoms with van der Waals surface area (Å²) in [5, 5.41) is 13.9. The van der Waals surface area contributed by atoms with Crippen LogP contribution < -0.4 is 5.56 Å². The van der Waals surface area contributed by atoms with Gasteiger partial charge in [-0.05, 0) is 5.56 Å². The summed E-state index contributed by atoms with van der Waals surface area (Å²) >= 11 is 0. The van der Waals surface area contributed by atoms with Gasteiger partial charge in [-0.3, -0.25) is 14.4 Å². The van der Waals surface area contributed by atoms with E-state index in [1.54, 1.807) is 11.0 Å². The Hall–Kier alpha value is -4.20. The van der Waals surface area contributed by atoms with Crippen molar-refractivity contribution in [1.29, 1.82) is 0 Å². The van der Waals surface area contributed by atoms with E-state index in [1.807, 2.05) is 60.7 Å². The van der Waals surface area contributed by atoms with Crippen LogP contribution in [0.1, 0.15) is 21.6 Å². The third-order valence-corrected chi connectivity index (χ3v) is 5.39. The van der Waals surface area contributed by atoms with Gasteiger partial charge >= 0.3 is 5.97 Å². The number of fused-ring (bicyclic) bond motifs is 2. The molecule has 0 unspecified atom stereocenters. The van der Waals surface area contributed by atoms with Gasteiger partial charge in [-0.25, -0.2) is 0 Å². The second-order valence-corrected chi connectivity index (χ2v) is 7.42. The van der Waals surface area contributed by atoms with Crippen LogP contribution in [0.3, 0.4) is 0 Å². The summed E-state index contributed by atoms with van der Waals surface area (Å²) < 4.78 is 2.58. The van der Waals surface area contributed by atoms with Crippen molar-refractivity contribution in [3.63, 3.8) is 0 Å². The zero-order chi connectivity index (χ0) is 21.5. The van der Waals surface area contributed by atoms with Crippen LogP contribution in [0.5, 0.6) is 0 Å². The lowest BCUT2D eigenvalue weighted by atomic mass is 10.1. The first-order valence-corrected chi connectivity index (χ1v) is 9.79. The first-order valence-electron chi connectivity index (χ1n) is 9.79. The van der Waals surface area contributed by atoms with Crippen molar-refractivity contribution in [2.75, 3.05) is 0 Å². The number of carboxylic acid groups (broad SMARTS) is 1. The smallest absolute Gasteiger partial charge is 0.323 e. The van der Waals surface area contributed by atoms with Gasteiger partial charge in [0.05, 0.1) is 17.8 Å². The molecule has 2 aromatic heterocycles. The van der Waals surface area contributed by atoms with Crippen molar-refractivity contribution in [1.82, 2.24) is 19.1 Å². The Bertz CT molecular complexity index is 1370. The van der Waals surface area contributed by atoms with Crippen molar-refractivity contribution in [3.8, 4) is 11.3 Å². The highest BCUT2D eigenvalue weighted by molar-refractivity contribution is 5.97. The first kappa shape index (κ1) is 18.8. The van der Waals surface area contributed by atoms with Gasteiger partial charge in [-0.1, -0.05) is 60.7 Å². The Kier molecular flexibility index (Phi) is 4.39. The summed E-state index contributed by atoms with van der Waals surface area (Å²) in [4.78, 5) is 39.6. The molecule has 31 heavy (non-hydrogen) atoms. The number of carbonyl (C=O) groups is 2. The maximum absolute atomic E-state index is 13.2. The molecule has 0 fully saturated rings. The van der Waals surface area contributed by atoms with Gasteiger partial charge in [0.1, 0.15) is 17.9 Å². The highest BCUT2D eigenvalue weighted by Gasteiger charge is 2.35. The highest BCUT2D eigenvalue weighted by Crippen LogP contribution is 2.26. The molecule has 2 aromatic carbocycles. The Balaban J connectivity index is 1.66. The summed E-state index contributed by atoms with van der Waals surface area (Å²) in [6.45, 7) is -0.00656. The molecule has 0 aliphatic carbocycles. The molecule has 3 heterocycles. The predicted molar refractivity (Wildman–Crippen MR) is 113 cm³/mol. The minimum absolute atomic E-state index is 0.109. The van der Waals surface area contributed by atoms with Crippen LogP contribution in [0.15, 0.2) is 71.5 Å². The highest BCUT2D eigenvalue weighted by atomic mass is 16.4. The van der Waals surface area contributed by atoms with Crippen molar-refractivity contribution >= 4 is 17.5 Å². The van der Waals surface area contributed by atoms with Gasteiger partial charge in [0.2, 0.25) is 0 Å². The number of aliphatic carboxylic acids is 1. The summed E-state index contributed by atoms with van der Waals surface area (Å²) in [6.07, 6.45) is 0. The molecule has 0 atom stereocenters. The van der Waals surface area contributed by atoms with Crippen LogP contribution >= 0.6 is 0 Å². The van der Waals surface area contributed by atoms with Crippen molar-refractivity contribution < 1.29 is 14.7 Å². The van der Waals surface area contributed by atoms with Gasteiger partial charge in [0.25, 0.3) is 11.5 Å². The lowest BCUT2D eigenvalue weighted by Gasteiger charge is -2.16. The van der Waals surface area contributed by atoms with Crippen LogP contribution in [0.4, 0.5) is 0 Å². The molecule has 0 bridgehead atoms. The maximum atomic E-state index is 13.2. The van der Waals surface area contributed by atoms with Gasteiger partial charge in [-0.2, -0.15) is 9.61 Å². The van der Waals surface area contributed by atoms with E-state index >= 15 is 0 Å². The fraction of sp³-hybridized carbons (Fsp3) is 0.130. The van der Waals surface area contributed by atoms with Crippen LogP contribution in [0, 0.1) is 0 Å². The summed E-state index contributed by atoms with van der Waals surface area (Å²) in [5.74, 6) is -1.47. The zero-order valence-corrected chi connectivity index (χ0v) is 16.4. The molecule has 0 saturated carbocycles. The van der Waals surface area contributed by atoms with E-state index in [0.29, 0.717) is 12.2 Å². The number of hydrogen-bond donors (Lipinski definition) is 1. The predicted octanol–water partition coefficient (Wildman–Crippen LogP) is 2.40. The molecule has 1 amide bonds. The molecule has 8 heteroatoms. The Morgan fingerprint density at radius 1 is 1.00 bits per heavy atom. The fourth-order valence-electron chi connectivity index (χ4n) is 4.00. The first-order chi connectivity index (χ1) is 15.0. The second-order valence-electron chi connectivity index (χ2n) is 7.42. The topological polar surface area (TPSA) is 96.9 Å². The summed E-state index contributed by atoms with van der Waals surface area (Å²) in [7, 11) is 0. The number of rotatable bonds is 5. The second kappa shape index (κ2) is 7.24. The quantitative estimate of drug-likeness (QED) is 0.541. The summed E-state index contributed by atoms with van der Waals surface area (Å²) in [6, 6.07) is 20.4. The van der Waals surface area contributed by atoms with E-state index in [-0.39, 0.29) is 29.4 Å². The maximum Gasteiger partial charge on any atom is 0.323 e. The summed E-state index contributed by atoms with van der Waals surface area (Å²) in [5.41, 5.74) is 2.51. The number of nitrogens with zero attached hydrogens (tertiary/aromatic N) is 4. The van der Waals surface area contributed by atoms with Crippen LogP contribution in [-0.2, 0) is 24.4 Å². The number of hydrogen-bond acceptors (Lipinski definition) is 4. The Labute approximate surface area is 176 Å². The molecule has 1 aliphatic rings. The third-order valence-electron chi connectivity index (χ3n) is 5.39. The van der Waals surface area contributed by atoms with E-state index < -0.39 is 18.1 Å². The monoisotopic (exact) mass is 414 g/mol. The van der Waals surface area contributed by atoms with Crippen molar-refractivity contribution in [3.05, 3.63) is 93.9 Å². The van der Waals surface area contributed by atoms with E-state index in [9.17, 15) is 19.5 Å². The van der Waals surface area contributed by atoms with E-state index in [1.165, 1.54) is 9.08 Å². The van der Waals surface area contributed by atoms with Gasteiger partial charge in [-0.15, -0.1) is 0 Å². The standard InChI is InChI=1S/C23H18N4O4/c28-20(29)14-26-19-11-18(16-9-5-2-6-10-16)24-27(19)22(30)17-13-25(23(31)21(17)26)12-15-7-3-1-4-8-15/h1-11H,12-14H2,(H,28,29). The Morgan fingerprint density at radius 3 is 2.35 bits per heavy atom. The molecular weight excluding hydrogens is 396 g/mol. The lowest BCUT2D eigenvalue weighted by molar-refractivity contribution is -0.137. The van der Waals surface area contributed by atoms with Gasteiger partial charge in [0, 0.05) is 18.2 Å². The molecule has 1 aliphatic heterocycles. The van der Waals surface area contributed by atoms with Crippen LogP contribution in [0.2, 0.25) is 0 Å². The molecule has 0 radical (unpaired) electrons. The number of benzene rings is 2. The molecular formula is C23H18N4O4. The van der Waals surface area contributed by atoms with Crippen molar-refractivity contribution in [2.24, 2.45) is 0 Å². The van der Waals surface area contributed by atoms with Crippen LogP contribution in [0.25, 0.3) is 16.9 Å². The number of carbonyl (C=O) groups excluding carboxylic acids is 1. The largest absolute Gasteiger partial charge is 0.480 e. The zero-order valence-electron chi connectivity index (χ0n) is 16.4. The third kappa shape index (κ3) is 3.18. The molecule has 1 N–H and O–H groups in total. The van der Waals surface area contributed by atoms with Crippen LogP contribution in [-0.4, -0.2) is 36.1 Å². The molecule has 4 aromatic rings. The molecule has 154 valence electrons. The number of aromatic nitrogens is 3. The Morgan fingerprint density at radius 2 is 1.68 bits per heavy atom. The average Bonchev–Trinajstić information content (AvgIpc) is 3.35. The molecule has 0 spiro atoms. The minimum Gasteiger partial charge on any atom is -0.480 e. The normalized spacial score (nSPS) is 13.0. The van der Waals surface area contributed by atoms with E-state index in [0.717, 1.165) is 11.1 Å². The van der Waals surface area contributed by atoms with E-state index in [2.05, 4.69) is 5.10 Å². The van der Waals surface area contributed by atoms with E-state index in [4.69, 9.17) is 0 Å². The van der Waals surface area contributed by atoms with Gasteiger partial charge in [0.15, 0.2) is 0 Å².